The largest absolute Gasteiger partial charge is 0.497 e. The molecule has 0 amide bonds. The first-order valence-electron chi connectivity index (χ1n) is 8.91. The molecule has 154 valence electrons. The number of sulfonamides is 1. The maximum Gasteiger partial charge on any atom is 0.308 e. The van der Waals surface area contributed by atoms with Crippen LogP contribution in [0.3, 0.4) is 0 Å². The summed E-state index contributed by atoms with van der Waals surface area (Å²) < 4.78 is 35.5. The summed E-state index contributed by atoms with van der Waals surface area (Å²) in [6.07, 6.45) is 0. The second-order valence-electron chi connectivity index (χ2n) is 6.51. The van der Waals surface area contributed by atoms with Gasteiger partial charge in [0.1, 0.15) is 5.75 Å². The summed E-state index contributed by atoms with van der Waals surface area (Å²) in [7, 11) is -2.32. The van der Waals surface area contributed by atoms with Crippen LogP contribution in [0, 0.1) is 0 Å². The minimum absolute atomic E-state index is 0.0731. The highest BCUT2D eigenvalue weighted by Gasteiger charge is 2.18. The monoisotopic (exact) mass is 460 g/mol. The summed E-state index contributed by atoms with van der Waals surface area (Å²) in [6, 6.07) is 18.6. The van der Waals surface area contributed by atoms with Crippen molar-refractivity contribution in [1.82, 2.24) is 4.57 Å². The third-order valence-electron chi connectivity index (χ3n) is 4.56. The number of fused-ring (bicyclic) bond motifs is 1. The van der Waals surface area contributed by atoms with Crippen molar-refractivity contribution in [2.75, 3.05) is 11.8 Å². The molecule has 0 spiro atoms. The van der Waals surface area contributed by atoms with E-state index >= 15 is 0 Å². The zero-order chi connectivity index (χ0) is 21.3. The third kappa shape index (κ3) is 4.07. The SMILES string of the molecule is COc1cccc(NS(=O)(=O)c2ccc3c(c2)sc(=O)n3Cc2ccccc2Cl)c1. The van der Waals surface area contributed by atoms with Gasteiger partial charge in [0, 0.05) is 11.1 Å². The topological polar surface area (TPSA) is 77.4 Å². The van der Waals surface area contributed by atoms with Crippen LogP contribution in [0.25, 0.3) is 10.2 Å². The Kier molecular flexibility index (Phi) is 5.55. The maximum atomic E-state index is 12.8. The van der Waals surface area contributed by atoms with Crippen molar-refractivity contribution >= 4 is 48.9 Å². The highest BCUT2D eigenvalue weighted by Crippen LogP contribution is 2.26. The highest BCUT2D eigenvalue weighted by molar-refractivity contribution is 7.92. The normalized spacial score (nSPS) is 11.5. The van der Waals surface area contributed by atoms with Crippen molar-refractivity contribution in [1.29, 1.82) is 0 Å². The molecular weight excluding hydrogens is 444 g/mol. The Morgan fingerprint density at radius 2 is 1.87 bits per heavy atom. The Labute approximate surface area is 182 Å². The van der Waals surface area contributed by atoms with Crippen molar-refractivity contribution in [2.24, 2.45) is 0 Å². The van der Waals surface area contributed by atoms with E-state index < -0.39 is 10.0 Å². The molecule has 0 aliphatic rings. The molecule has 0 aliphatic carbocycles. The van der Waals surface area contributed by atoms with E-state index in [4.69, 9.17) is 16.3 Å². The van der Waals surface area contributed by atoms with Gasteiger partial charge in [-0.3, -0.25) is 14.1 Å². The smallest absolute Gasteiger partial charge is 0.308 e. The molecule has 1 heterocycles. The Morgan fingerprint density at radius 1 is 1.07 bits per heavy atom. The zero-order valence-electron chi connectivity index (χ0n) is 15.8. The fraction of sp³-hybridized carbons (Fsp3) is 0.0952. The number of aromatic nitrogens is 1. The summed E-state index contributed by atoms with van der Waals surface area (Å²) in [6.45, 7) is 0.312. The number of ether oxygens (including phenoxy) is 1. The molecule has 1 aromatic heterocycles. The highest BCUT2D eigenvalue weighted by atomic mass is 35.5. The predicted octanol–water partition coefficient (Wildman–Crippen LogP) is 4.57. The van der Waals surface area contributed by atoms with Crippen LogP contribution < -0.4 is 14.3 Å². The van der Waals surface area contributed by atoms with Crippen LogP contribution in [0.5, 0.6) is 5.75 Å². The molecule has 3 aromatic carbocycles. The Balaban J connectivity index is 1.68. The lowest BCUT2D eigenvalue weighted by molar-refractivity contribution is 0.415. The quantitative estimate of drug-likeness (QED) is 0.457. The third-order valence-corrected chi connectivity index (χ3v) is 7.25. The van der Waals surface area contributed by atoms with Crippen LogP contribution in [0.4, 0.5) is 5.69 Å². The van der Waals surface area contributed by atoms with Gasteiger partial charge in [-0.2, -0.15) is 0 Å². The number of rotatable bonds is 6. The number of methoxy groups -OCH3 is 1. The summed E-state index contributed by atoms with van der Waals surface area (Å²) >= 11 is 7.22. The first kappa shape index (κ1) is 20.5. The van der Waals surface area contributed by atoms with Crippen molar-refractivity contribution in [3.63, 3.8) is 0 Å². The van der Waals surface area contributed by atoms with Crippen molar-refractivity contribution in [3.8, 4) is 5.75 Å². The number of halogens is 1. The second kappa shape index (κ2) is 8.14. The average Bonchev–Trinajstić information content (AvgIpc) is 3.04. The minimum atomic E-state index is -3.83. The molecule has 4 aromatic rings. The second-order valence-corrected chi connectivity index (χ2v) is 9.60. The van der Waals surface area contributed by atoms with Gasteiger partial charge in [0.2, 0.25) is 0 Å². The van der Waals surface area contributed by atoms with Crippen molar-refractivity contribution in [2.45, 2.75) is 11.4 Å². The van der Waals surface area contributed by atoms with Crippen LogP contribution in [0.2, 0.25) is 5.02 Å². The molecule has 30 heavy (non-hydrogen) atoms. The van der Waals surface area contributed by atoms with Crippen LogP contribution in [0.1, 0.15) is 5.56 Å². The summed E-state index contributed by atoms with van der Waals surface area (Å²) in [4.78, 5) is 12.4. The standard InChI is InChI=1S/C21H17ClN2O4S2/c1-28-16-7-4-6-15(11-16)23-30(26,27)17-9-10-19-20(12-17)29-21(25)24(19)13-14-5-2-3-8-18(14)22/h2-12,23H,13H2,1H3. The fourth-order valence-electron chi connectivity index (χ4n) is 3.06. The van der Waals surface area contributed by atoms with E-state index in [1.54, 1.807) is 41.0 Å². The average molecular weight is 461 g/mol. The molecule has 0 bridgehead atoms. The van der Waals surface area contributed by atoms with Crippen LogP contribution in [-0.4, -0.2) is 20.1 Å². The first-order valence-corrected chi connectivity index (χ1v) is 11.6. The molecular formula is C21H17ClN2O4S2. The lowest BCUT2D eigenvalue weighted by Gasteiger charge is -2.10. The molecule has 0 unspecified atom stereocenters. The number of benzene rings is 3. The van der Waals surface area contributed by atoms with E-state index in [0.29, 0.717) is 33.2 Å². The van der Waals surface area contributed by atoms with E-state index in [2.05, 4.69) is 4.72 Å². The number of nitrogens with zero attached hydrogens (tertiary/aromatic N) is 1. The van der Waals surface area contributed by atoms with Gasteiger partial charge in [-0.05, 0) is 42.0 Å². The van der Waals surface area contributed by atoms with Gasteiger partial charge in [0.25, 0.3) is 10.0 Å². The van der Waals surface area contributed by atoms with Crippen molar-refractivity contribution in [3.05, 3.63) is 87.0 Å². The Morgan fingerprint density at radius 3 is 2.63 bits per heavy atom. The molecule has 0 atom stereocenters. The fourth-order valence-corrected chi connectivity index (χ4v) is 5.34. The predicted molar refractivity (Wildman–Crippen MR) is 120 cm³/mol. The van der Waals surface area contributed by atoms with E-state index in [9.17, 15) is 13.2 Å². The van der Waals surface area contributed by atoms with Gasteiger partial charge in [-0.25, -0.2) is 8.42 Å². The van der Waals surface area contributed by atoms with Gasteiger partial charge in [0.15, 0.2) is 0 Å². The maximum absolute atomic E-state index is 12.8. The zero-order valence-corrected chi connectivity index (χ0v) is 18.2. The molecule has 0 saturated heterocycles. The molecule has 0 fully saturated rings. The molecule has 0 aliphatic heterocycles. The minimum Gasteiger partial charge on any atom is -0.497 e. The lowest BCUT2D eigenvalue weighted by atomic mass is 10.2. The van der Waals surface area contributed by atoms with E-state index in [1.165, 1.54) is 19.2 Å². The van der Waals surface area contributed by atoms with Crippen LogP contribution >= 0.6 is 22.9 Å². The number of hydrogen-bond donors (Lipinski definition) is 1. The molecule has 0 saturated carbocycles. The number of nitrogens with one attached hydrogen (secondary N) is 1. The number of hydrogen-bond acceptors (Lipinski definition) is 5. The molecule has 9 heteroatoms. The van der Waals surface area contributed by atoms with Crippen LogP contribution in [0.15, 0.2) is 76.4 Å². The Bertz CT molecular complexity index is 1390. The number of anilines is 1. The molecule has 4 rings (SSSR count). The van der Waals surface area contributed by atoms with Gasteiger partial charge in [0.05, 0.1) is 34.5 Å². The lowest BCUT2D eigenvalue weighted by Crippen LogP contribution is -2.14. The van der Waals surface area contributed by atoms with Gasteiger partial charge in [-0.1, -0.05) is 47.2 Å². The van der Waals surface area contributed by atoms with E-state index in [-0.39, 0.29) is 9.77 Å². The van der Waals surface area contributed by atoms with Gasteiger partial charge >= 0.3 is 4.87 Å². The first-order chi connectivity index (χ1) is 14.4. The molecule has 6 nitrogen and oxygen atoms in total. The van der Waals surface area contributed by atoms with E-state index in [0.717, 1.165) is 16.9 Å². The molecule has 1 N–H and O–H groups in total. The van der Waals surface area contributed by atoms with Gasteiger partial charge < -0.3 is 4.74 Å². The number of thiazole rings is 1. The molecule has 0 radical (unpaired) electrons. The summed E-state index contributed by atoms with van der Waals surface area (Å²) in [5.41, 5.74) is 1.86. The van der Waals surface area contributed by atoms with E-state index in [1.807, 2.05) is 18.2 Å². The Hall–Kier alpha value is -2.81. The van der Waals surface area contributed by atoms with Gasteiger partial charge in [-0.15, -0.1) is 0 Å². The summed E-state index contributed by atoms with van der Waals surface area (Å²) in [5.74, 6) is 0.542. The van der Waals surface area contributed by atoms with Crippen LogP contribution in [-0.2, 0) is 16.6 Å². The summed E-state index contributed by atoms with van der Waals surface area (Å²) in [5, 5.41) is 0.574. The van der Waals surface area contributed by atoms with Crippen molar-refractivity contribution < 1.29 is 13.2 Å².